The maximum atomic E-state index is 13.0. The Kier molecular flexibility index (Phi) is 6.11. The van der Waals surface area contributed by atoms with E-state index >= 15 is 0 Å². The Morgan fingerprint density at radius 3 is 2.90 bits per heavy atom. The summed E-state index contributed by atoms with van der Waals surface area (Å²) < 4.78 is 36.1. The number of hydrogen-bond donors (Lipinski definition) is 3. The first kappa shape index (κ1) is 21.1. The van der Waals surface area contributed by atoms with Crippen molar-refractivity contribution in [2.75, 3.05) is 17.7 Å². The molecular weight excluding hydrogens is 397 g/mol. The molecule has 2 aromatic rings. The van der Waals surface area contributed by atoms with Crippen LogP contribution in [0.5, 0.6) is 0 Å². The summed E-state index contributed by atoms with van der Waals surface area (Å²) in [4.78, 5) is 15.9. The fourth-order valence-electron chi connectivity index (χ4n) is 2.84. The Bertz CT molecular complexity index is 1030. The lowest BCUT2D eigenvalue weighted by atomic mass is 9.79. The number of nitrogens with zero attached hydrogens (tertiary/aromatic N) is 1. The van der Waals surface area contributed by atoms with Crippen molar-refractivity contribution in [1.82, 2.24) is 4.98 Å². The molecule has 1 aromatic carbocycles. The molecule has 3 rings (SSSR count). The minimum absolute atomic E-state index is 0.0525. The van der Waals surface area contributed by atoms with Crippen LogP contribution in [0.3, 0.4) is 0 Å². The van der Waals surface area contributed by atoms with Crippen LogP contribution in [0.4, 0.5) is 16.2 Å². The molecule has 1 aliphatic heterocycles. The third kappa shape index (κ3) is 5.05. The number of carbonyl (C=O) groups excluding carboxylic acids is 1. The van der Waals surface area contributed by atoms with E-state index in [4.69, 9.17) is 15.1 Å². The molecular formula is C18H22BN3O6S. The van der Waals surface area contributed by atoms with Crippen LogP contribution in [0.25, 0.3) is 0 Å². The van der Waals surface area contributed by atoms with E-state index < -0.39 is 23.0 Å². The van der Waals surface area contributed by atoms with E-state index in [1.807, 2.05) is 13.8 Å². The van der Waals surface area contributed by atoms with Crippen molar-refractivity contribution in [3.63, 3.8) is 0 Å². The van der Waals surface area contributed by atoms with E-state index in [1.165, 1.54) is 12.3 Å². The largest absolute Gasteiger partial charge is 0.491 e. The molecule has 0 radical (unpaired) electrons. The Morgan fingerprint density at radius 2 is 2.17 bits per heavy atom. The van der Waals surface area contributed by atoms with Crippen LogP contribution in [-0.4, -0.2) is 38.2 Å². The first-order chi connectivity index (χ1) is 13.7. The molecule has 29 heavy (non-hydrogen) atoms. The fourth-order valence-corrected chi connectivity index (χ4v) is 4.25. The predicted octanol–water partition coefficient (Wildman–Crippen LogP) is 1.06. The van der Waals surface area contributed by atoms with Crippen LogP contribution in [0.2, 0.25) is 0 Å². The summed E-state index contributed by atoms with van der Waals surface area (Å²) in [6.07, 6.45) is 0.415. The molecule has 4 N–H and O–H groups in total. The molecule has 0 saturated carbocycles. The van der Waals surface area contributed by atoms with E-state index in [0.29, 0.717) is 11.0 Å². The van der Waals surface area contributed by atoms with Gasteiger partial charge in [-0.3, -0.25) is 5.32 Å². The first-order valence-corrected chi connectivity index (χ1v) is 10.6. The number of aromatic nitrogens is 1. The van der Waals surface area contributed by atoms with Gasteiger partial charge in [-0.1, -0.05) is 32.0 Å². The summed E-state index contributed by atoms with van der Waals surface area (Å²) in [5.41, 5.74) is 7.65. The number of ether oxygens (including phenoxy) is 1. The van der Waals surface area contributed by atoms with Gasteiger partial charge in [-0.05, 0) is 28.6 Å². The third-order valence-corrected chi connectivity index (χ3v) is 5.81. The first-order valence-electron chi connectivity index (χ1n) is 8.99. The zero-order chi connectivity index (χ0) is 21.2. The second-order valence-corrected chi connectivity index (χ2v) is 9.10. The second kappa shape index (κ2) is 8.40. The fraction of sp³-hybridized carbons (Fsp3) is 0.333. The van der Waals surface area contributed by atoms with Crippen molar-refractivity contribution in [2.24, 2.45) is 5.92 Å². The number of nitrogens with one attached hydrogen (secondary N) is 1. The van der Waals surface area contributed by atoms with Crippen molar-refractivity contribution in [3.8, 4) is 0 Å². The number of benzene rings is 1. The highest BCUT2D eigenvalue weighted by Gasteiger charge is 2.29. The molecule has 9 nitrogen and oxygen atoms in total. The molecule has 1 aliphatic rings. The quantitative estimate of drug-likeness (QED) is 0.591. The highest BCUT2D eigenvalue weighted by molar-refractivity contribution is 7.90. The van der Waals surface area contributed by atoms with E-state index in [1.54, 1.807) is 18.2 Å². The van der Waals surface area contributed by atoms with Gasteiger partial charge in [-0.2, -0.15) is 0 Å². The van der Waals surface area contributed by atoms with Gasteiger partial charge in [0.05, 0.1) is 36.5 Å². The van der Waals surface area contributed by atoms with Gasteiger partial charge in [0.1, 0.15) is 0 Å². The number of pyridine rings is 1. The van der Waals surface area contributed by atoms with Gasteiger partial charge in [0.15, 0.2) is 5.03 Å². The lowest BCUT2D eigenvalue weighted by Crippen LogP contribution is -2.28. The Hall–Kier alpha value is -2.63. The average molecular weight is 419 g/mol. The molecule has 1 aromatic heterocycles. The molecule has 0 bridgehead atoms. The summed E-state index contributed by atoms with van der Waals surface area (Å²) in [5, 5.41) is 11.9. The average Bonchev–Trinajstić information content (AvgIpc) is 3.00. The van der Waals surface area contributed by atoms with Crippen molar-refractivity contribution in [3.05, 3.63) is 41.6 Å². The van der Waals surface area contributed by atoms with Crippen LogP contribution < -0.4 is 16.5 Å². The van der Waals surface area contributed by atoms with Crippen molar-refractivity contribution < 1.29 is 27.6 Å². The lowest BCUT2D eigenvalue weighted by molar-refractivity contribution is 0.147. The smallest absolute Gasteiger partial charge is 0.449 e. The molecule has 2 heterocycles. The number of hydrogen-bond acceptors (Lipinski definition) is 8. The van der Waals surface area contributed by atoms with Gasteiger partial charge in [-0.25, -0.2) is 18.2 Å². The van der Waals surface area contributed by atoms with Crippen LogP contribution >= 0.6 is 0 Å². The Balaban J connectivity index is 1.85. The van der Waals surface area contributed by atoms with Crippen molar-refractivity contribution in [2.45, 2.75) is 31.2 Å². The highest BCUT2D eigenvalue weighted by atomic mass is 32.2. The standard InChI is InChI=1S/C18H22BN3O6S/c1-11(2)8-27-18(23)22-16-6-14(20)7-21-17(16)29(25,26)10-12-3-4-13-9-28-19(24)15(13)5-12/h3-7,11,24H,8-10,20H2,1-2H3,(H,22,23). The van der Waals surface area contributed by atoms with Crippen molar-refractivity contribution >= 4 is 39.9 Å². The predicted molar refractivity (Wildman–Crippen MR) is 108 cm³/mol. The van der Waals surface area contributed by atoms with Gasteiger partial charge in [0, 0.05) is 0 Å². The Labute approximate surface area is 169 Å². The molecule has 0 saturated heterocycles. The van der Waals surface area contributed by atoms with Gasteiger partial charge in [0.25, 0.3) is 0 Å². The molecule has 0 aliphatic carbocycles. The normalized spacial score (nSPS) is 13.4. The zero-order valence-corrected chi connectivity index (χ0v) is 16.9. The number of sulfone groups is 1. The van der Waals surface area contributed by atoms with Crippen LogP contribution in [0.15, 0.2) is 35.5 Å². The van der Waals surface area contributed by atoms with Crippen LogP contribution in [0.1, 0.15) is 25.0 Å². The second-order valence-electron chi connectivity index (χ2n) is 7.19. The number of rotatable bonds is 6. The number of fused-ring (bicyclic) bond motifs is 1. The lowest BCUT2D eigenvalue weighted by Gasteiger charge is -2.13. The van der Waals surface area contributed by atoms with E-state index in [9.17, 15) is 18.2 Å². The third-order valence-electron chi connectivity index (χ3n) is 4.18. The number of anilines is 2. The molecule has 1 amide bonds. The summed E-state index contributed by atoms with van der Waals surface area (Å²) in [7, 11) is -5.01. The van der Waals surface area contributed by atoms with Gasteiger partial charge in [-0.15, -0.1) is 0 Å². The van der Waals surface area contributed by atoms with E-state index in [0.717, 1.165) is 5.56 Å². The van der Waals surface area contributed by atoms with Gasteiger partial charge in [0.2, 0.25) is 9.84 Å². The molecule has 154 valence electrons. The molecule has 0 unspecified atom stereocenters. The molecule has 0 fully saturated rings. The maximum Gasteiger partial charge on any atom is 0.491 e. The summed E-state index contributed by atoms with van der Waals surface area (Å²) in [5.74, 6) is -0.248. The zero-order valence-electron chi connectivity index (χ0n) is 16.1. The Morgan fingerprint density at radius 1 is 1.41 bits per heavy atom. The minimum Gasteiger partial charge on any atom is -0.449 e. The van der Waals surface area contributed by atoms with Gasteiger partial charge < -0.3 is 20.1 Å². The minimum atomic E-state index is -3.93. The number of amides is 1. The van der Waals surface area contributed by atoms with Crippen LogP contribution in [-0.2, 0) is 31.6 Å². The molecule has 11 heteroatoms. The SMILES string of the molecule is CC(C)COC(=O)Nc1cc(N)cnc1S(=O)(=O)Cc1ccc2c(c1)B(O)OC2. The molecule has 0 spiro atoms. The van der Waals surface area contributed by atoms with Gasteiger partial charge >= 0.3 is 13.2 Å². The van der Waals surface area contributed by atoms with E-state index in [2.05, 4.69) is 10.3 Å². The monoisotopic (exact) mass is 419 g/mol. The number of carbonyl (C=O) groups is 1. The van der Waals surface area contributed by atoms with E-state index in [-0.39, 0.29) is 41.3 Å². The summed E-state index contributed by atoms with van der Waals surface area (Å²) >= 11 is 0. The molecule has 0 atom stereocenters. The topological polar surface area (TPSA) is 141 Å². The number of nitrogens with two attached hydrogens (primary N) is 1. The maximum absolute atomic E-state index is 13.0. The van der Waals surface area contributed by atoms with Crippen LogP contribution in [0, 0.1) is 5.92 Å². The summed E-state index contributed by atoms with van der Waals surface area (Å²) in [6.45, 7) is 4.21. The van der Waals surface area contributed by atoms with Crippen molar-refractivity contribution in [1.29, 1.82) is 0 Å². The number of nitrogen functional groups attached to an aromatic ring is 1. The summed E-state index contributed by atoms with van der Waals surface area (Å²) in [6, 6.07) is 6.27. The highest BCUT2D eigenvalue weighted by Crippen LogP contribution is 2.25.